The minimum atomic E-state index is 0.182. The summed E-state index contributed by atoms with van der Waals surface area (Å²) >= 11 is 1.57. The largest absolute Gasteiger partial charge is 0.494 e. The van der Waals surface area contributed by atoms with E-state index in [1.54, 1.807) is 11.3 Å². The summed E-state index contributed by atoms with van der Waals surface area (Å²) in [4.78, 5) is 16.5. The molecular weight excluding hydrogens is 294 g/mol. The number of rotatable bonds is 4. The molecule has 0 bridgehead atoms. The van der Waals surface area contributed by atoms with E-state index >= 15 is 0 Å². The fourth-order valence-corrected chi connectivity index (χ4v) is 3.72. The number of thiophene rings is 1. The minimum Gasteiger partial charge on any atom is -0.494 e. The van der Waals surface area contributed by atoms with Crippen LogP contribution in [-0.2, 0) is 0 Å². The Labute approximate surface area is 135 Å². The lowest BCUT2D eigenvalue weighted by Gasteiger charge is -2.26. The van der Waals surface area contributed by atoms with E-state index in [9.17, 15) is 4.79 Å². The molecule has 116 valence electrons. The van der Waals surface area contributed by atoms with Gasteiger partial charge in [-0.05, 0) is 68.1 Å². The molecule has 0 saturated carbocycles. The molecule has 0 N–H and O–H groups in total. The lowest BCUT2D eigenvalue weighted by Crippen LogP contribution is -2.35. The van der Waals surface area contributed by atoms with E-state index < -0.39 is 0 Å². The van der Waals surface area contributed by atoms with E-state index in [4.69, 9.17) is 4.74 Å². The summed E-state index contributed by atoms with van der Waals surface area (Å²) in [5.74, 6) is 1.06. The zero-order valence-corrected chi connectivity index (χ0v) is 13.7. The maximum Gasteiger partial charge on any atom is 0.263 e. The van der Waals surface area contributed by atoms with Gasteiger partial charge in [-0.25, -0.2) is 0 Å². The van der Waals surface area contributed by atoms with E-state index in [2.05, 4.69) is 0 Å². The van der Waals surface area contributed by atoms with Crippen LogP contribution in [0.1, 0.15) is 35.9 Å². The minimum absolute atomic E-state index is 0.182. The highest BCUT2D eigenvalue weighted by molar-refractivity contribution is 7.17. The van der Waals surface area contributed by atoms with Gasteiger partial charge in [-0.3, -0.25) is 4.79 Å². The van der Waals surface area contributed by atoms with Crippen molar-refractivity contribution in [2.24, 2.45) is 0 Å². The van der Waals surface area contributed by atoms with Crippen molar-refractivity contribution in [1.82, 2.24) is 4.90 Å². The van der Waals surface area contributed by atoms with Crippen LogP contribution in [0.4, 0.5) is 0 Å². The second-order valence-corrected chi connectivity index (χ2v) is 6.56. The average Bonchev–Trinajstić information content (AvgIpc) is 3.06. The van der Waals surface area contributed by atoms with Gasteiger partial charge in [0.1, 0.15) is 5.75 Å². The Morgan fingerprint density at radius 2 is 1.82 bits per heavy atom. The number of ether oxygens (including phenoxy) is 1. The zero-order valence-electron chi connectivity index (χ0n) is 12.9. The predicted octanol–water partition coefficient (Wildman–Crippen LogP) is 4.44. The number of likely N-dealkylation sites (tertiary alicyclic amines) is 1. The first-order valence-electron chi connectivity index (χ1n) is 7.90. The van der Waals surface area contributed by atoms with Gasteiger partial charge in [0, 0.05) is 18.0 Å². The van der Waals surface area contributed by atoms with Crippen LogP contribution in [0.2, 0.25) is 0 Å². The number of benzene rings is 1. The lowest BCUT2D eigenvalue weighted by atomic mass is 10.1. The van der Waals surface area contributed by atoms with Gasteiger partial charge in [-0.1, -0.05) is 0 Å². The van der Waals surface area contributed by atoms with Crippen LogP contribution >= 0.6 is 11.3 Å². The van der Waals surface area contributed by atoms with Gasteiger partial charge in [-0.15, -0.1) is 11.3 Å². The molecule has 0 aliphatic carbocycles. The third-order valence-corrected chi connectivity index (χ3v) is 5.03. The predicted molar refractivity (Wildman–Crippen MR) is 90.7 cm³/mol. The topological polar surface area (TPSA) is 29.5 Å². The van der Waals surface area contributed by atoms with Crippen molar-refractivity contribution in [1.29, 1.82) is 0 Å². The van der Waals surface area contributed by atoms with Crippen LogP contribution in [0.25, 0.3) is 10.4 Å². The molecular formula is C18H21NO2S. The van der Waals surface area contributed by atoms with Crippen molar-refractivity contribution >= 4 is 17.2 Å². The highest BCUT2D eigenvalue weighted by atomic mass is 32.1. The molecule has 2 aromatic rings. The maximum atomic E-state index is 12.5. The Morgan fingerprint density at radius 3 is 2.50 bits per heavy atom. The Morgan fingerprint density at radius 1 is 1.09 bits per heavy atom. The lowest BCUT2D eigenvalue weighted by molar-refractivity contribution is 0.0729. The van der Waals surface area contributed by atoms with Gasteiger partial charge in [-0.2, -0.15) is 0 Å². The molecule has 4 heteroatoms. The van der Waals surface area contributed by atoms with E-state index in [1.165, 1.54) is 6.42 Å². The van der Waals surface area contributed by atoms with Gasteiger partial charge in [0.05, 0.1) is 11.5 Å². The van der Waals surface area contributed by atoms with Crippen LogP contribution in [0.3, 0.4) is 0 Å². The second kappa shape index (κ2) is 6.97. The fourth-order valence-electron chi connectivity index (χ4n) is 2.74. The van der Waals surface area contributed by atoms with E-state index in [0.717, 1.165) is 47.0 Å². The Bertz CT molecular complexity index is 627. The smallest absolute Gasteiger partial charge is 0.263 e. The first-order valence-corrected chi connectivity index (χ1v) is 8.72. The maximum absolute atomic E-state index is 12.5. The second-order valence-electron chi connectivity index (χ2n) is 5.47. The van der Waals surface area contributed by atoms with Crippen LogP contribution in [0, 0.1) is 0 Å². The summed E-state index contributed by atoms with van der Waals surface area (Å²) < 4.78 is 5.46. The first-order chi connectivity index (χ1) is 10.8. The number of carbonyl (C=O) groups is 1. The highest BCUT2D eigenvalue weighted by Crippen LogP contribution is 2.30. The molecule has 0 spiro atoms. The van der Waals surface area contributed by atoms with Crippen LogP contribution in [0.15, 0.2) is 36.4 Å². The summed E-state index contributed by atoms with van der Waals surface area (Å²) in [6, 6.07) is 12.0. The van der Waals surface area contributed by atoms with Crippen LogP contribution in [-0.4, -0.2) is 30.5 Å². The normalized spacial score (nSPS) is 14.9. The number of hydrogen-bond acceptors (Lipinski definition) is 3. The Hall–Kier alpha value is -1.81. The molecule has 0 atom stereocenters. The first kappa shape index (κ1) is 15.1. The average molecular weight is 315 g/mol. The summed E-state index contributed by atoms with van der Waals surface area (Å²) in [6.45, 7) is 4.45. The van der Waals surface area contributed by atoms with E-state index in [0.29, 0.717) is 6.61 Å². The number of carbonyl (C=O) groups excluding carboxylic acids is 1. The summed E-state index contributed by atoms with van der Waals surface area (Å²) in [5.41, 5.74) is 1.13. The fraction of sp³-hybridized carbons (Fsp3) is 0.389. The number of nitrogens with zero attached hydrogens (tertiary/aromatic N) is 1. The molecule has 0 unspecified atom stereocenters. The molecule has 3 rings (SSSR count). The number of hydrogen-bond donors (Lipinski definition) is 0. The molecule has 1 aromatic carbocycles. The SMILES string of the molecule is CCOc1ccc(-c2ccc(C(=O)N3CCCCC3)s2)cc1. The molecule has 0 radical (unpaired) electrons. The molecule has 1 saturated heterocycles. The molecule has 1 aromatic heterocycles. The van der Waals surface area contributed by atoms with Gasteiger partial charge in [0.2, 0.25) is 0 Å². The third kappa shape index (κ3) is 3.33. The van der Waals surface area contributed by atoms with Gasteiger partial charge in [0.15, 0.2) is 0 Å². The summed E-state index contributed by atoms with van der Waals surface area (Å²) in [6.07, 6.45) is 3.50. The molecule has 1 aliphatic rings. The Kier molecular flexibility index (Phi) is 4.78. The van der Waals surface area contributed by atoms with Gasteiger partial charge >= 0.3 is 0 Å². The van der Waals surface area contributed by atoms with Crippen molar-refractivity contribution < 1.29 is 9.53 Å². The van der Waals surface area contributed by atoms with Crippen LogP contribution in [0.5, 0.6) is 5.75 Å². The number of amides is 1. The quantitative estimate of drug-likeness (QED) is 0.835. The molecule has 3 nitrogen and oxygen atoms in total. The molecule has 2 heterocycles. The van der Waals surface area contributed by atoms with E-state index in [1.807, 2.05) is 48.2 Å². The van der Waals surface area contributed by atoms with Crippen molar-refractivity contribution in [2.75, 3.05) is 19.7 Å². The molecule has 1 amide bonds. The van der Waals surface area contributed by atoms with Crippen LogP contribution < -0.4 is 4.74 Å². The van der Waals surface area contributed by atoms with E-state index in [-0.39, 0.29) is 5.91 Å². The summed E-state index contributed by atoms with van der Waals surface area (Å²) in [7, 11) is 0. The molecule has 1 fully saturated rings. The van der Waals surface area contributed by atoms with Crippen molar-refractivity contribution in [3.8, 4) is 16.2 Å². The van der Waals surface area contributed by atoms with Crippen molar-refractivity contribution in [3.05, 3.63) is 41.3 Å². The van der Waals surface area contributed by atoms with Gasteiger partial charge < -0.3 is 9.64 Å². The molecule has 22 heavy (non-hydrogen) atoms. The van der Waals surface area contributed by atoms with Gasteiger partial charge in [0.25, 0.3) is 5.91 Å². The third-order valence-electron chi connectivity index (χ3n) is 3.91. The standard InChI is InChI=1S/C18H21NO2S/c1-2-21-15-8-6-14(7-9-15)16-10-11-17(22-16)18(20)19-12-4-3-5-13-19/h6-11H,2-5,12-13H2,1H3. The molecule has 1 aliphatic heterocycles. The van der Waals surface area contributed by atoms with Crippen molar-refractivity contribution in [3.63, 3.8) is 0 Å². The number of piperidine rings is 1. The summed E-state index contributed by atoms with van der Waals surface area (Å²) in [5, 5.41) is 0. The Balaban J connectivity index is 1.73. The highest BCUT2D eigenvalue weighted by Gasteiger charge is 2.19. The van der Waals surface area contributed by atoms with Crippen molar-refractivity contribution in [2.45, 2.75) is 26.2 Å². The monoisotopic (exact) mass is 315 g/mol. The zero-order chi connectivity index (χ0) is 15.4.